The number of ether oxygens (including phenoxy) is 2. The number of nitrogens with one attached hydrogen (secondary N) is 1. The first-order chi connectivity index (χ1) is 12.6. The van der Waals surface area contributed by atoms with E-state index in [4.69, 9.17) is 14.0 Å². The number of nitrogens with zero attached hydrogens (tertiary/aromatic N) is 3. The number of aromatic nitrogens is 1. The SMILES string of the molecule is CN=CN1CC[C@@H](NC(=O)c2cc(-c3ccc(OC)c(OC)c3)no2)C1. The van der Waals surface area contributed by atoms with Crippen LogP contribution in [0, 0.1) is 0 Å². The third kappa shape index (κ3) is 3.79. The van der Waals surface area contributed by atoms with Gasteiger partial charge in [-0.15, -0.1) is 0 Å². The smallest absolute Gasteiger partial charge is 0.290 e. The van der Waals surface area contributed by atoms with Gasteiger partial charge in [0, 0.05) is 37.8 Å². The predicted molar refractivity (Wildman–Crippen MR) is 96.9 cm³/mol. The van der Waals surface area contributed by atoms with Crippen molar-refractivity contribution in [2.24, 2.45) is 4.99 Å². The highest BCUT2D eigenvalue weighted by Gasteiger charge is 2.24. The monoisotopic (exact) mass is 358 g/mol. The molecule has 8 nitrogen and oxygen atoms in total. The molecule has 0 aliphatic carbocycles. The van der Waals surface area contributed by atoms with Crippen molar-refractivity contribution >= 4 is 12.2 Å². The van der Waals surface area contributed by atoms with E-state index in [1.54, 1.807) is 45.8 Å². The van der Waals surface area contributed by atoms with E-state index >= 15 is 0 Å². The van der Waals surface area contributed by atoms with Gasteiger partial charge >= 0.3 is 0 Å². The van der Waals surface area contributed by atoms with Crippen LogP contribution in [-0.4, -0.2) is 62.7 Å². The average Bonchev–Trinajstić information content (AvgIpc) is 3.31. The third-order valence-electron chi connectivity index (χ3n) is 4.25. The Kier molecular flexibility index (Phi) is 5.40. The molecule has 1 atom stereocenters. The molecular formula is C18H22N4O4. The maximum Gasteiger partial charge on any atom is 0.290 e. The fourth-order valence-corrected chi connectivity index (χ4v) is 2.94. The molecule has 0 bridgehead atoms. The lowest BCUT2D eigenvalue weighted by Gasteiger charge is -2.12. The van der Waals surface area contributed by atoms with E-state index in [9.17, 15) is 4.79 Å². The summed E-state index contributed by atoms with van der Waals surface area (Å²) in [5.41, 5.74) is 1.33. The first kappa shape index (κ1) is 17.8. The fourth-order valence-electron chi connectivity index (χ4n) is 2.94. The zero-order chi connectivity index (χ0) is 18.5. The number of carbonyl (C=O) groups is 1. The van der Waals surface area contributed by atoms with Crippen LogP contribution in [0.15, 0.2) is 33.8 Å². The Hall–Kier alpha value is -3.03. The number of aliphatic imine (C=N–C) groups is 1. The Bertz CT molecular complexity index is 802. The van der Waals surface area contributed by atoms with Crippen molar-refractivity contribution in [2.45, 2.75) is 12.5 Å². The van der Waals surface area contributed by atoms with Crippen molar-refractivity contribution in [1.82, 2.24) is 15.4 Å². The number of amides is 1. The summed E-state index contributed by atoms with van der Waals surface area (Å²) in [4.78, 5) is 18.5. The number of likely N-dealkylation sites (tertiary alicyclic amines) is 1. The highest BCUT2D eigenvalue weighted by atomic mass is 16.5. The van der Waals surface area contributed by atoms with Crippen molar-refractivity contribution in [1.29, 1.82) is 0 Å². The van der Waals surface area contributed by atoms with E-state index in [0.29, 0.717) is 17.2 Å². The molecule has 0 spiro atoms. The third-order valence-corrected chi connectivity index (χ3v) is 4.25. The fraction of sp³-hybridized carbons (Fsp3) is 0.389. The van der Waals surface area contributed by atoms with Crippen LogP contribution in [0.2, 0.25) is 0 Å². The molecule has 138 valence electrons. The summed E-state index contributed by atoms with van der Waals surface area (Å²) in [5.74, 6) is 1.11. The van der Waals surface area contributed by atoms with E-state index in [2.05, 4.69) is 20.4 Å². The summed E-state index contributed by atoms with van der Waals surface area (Å²) in [7, 11) is 4.88. The second-order valence-corrected chi connectivity index (χ2v) is 5.97. The number of hydrogen-bond acceptors (Lipinski definition) is 6. The lowest BCUT2D eigenvalue weighted by atomic mass is 10.1. The molecule has 2 aromatic rings. The minimum atomic E-state index is -0.274. The molecule has 1 N–H and O–H groups in total. The average molecular weight is 358 g/mol. The first-order valence-corrected chi connectivity index (χ1v) is 8.31. The molecule has 8 heteroatoms. The van der Waals surface area contributed by atoms with Gasteiger partial charge in [0.05, 0.1) is 20.6 Å². The summed E-state index contributed by atoms with van der Waals surface area (Å²) in [6.07, 6.45) is 2.66. The zero-order valence-corrected chi connectivity index (χ0v) is 15.1. The Morgan fingerprint density at radius 3 is 2.88 bits per heavy atom. The lowest BCUT2D eigenvalue weighted by Crippen LogP contribution is -2.36. The van der Waals surface area contributed by atoms with E-state index in [1.807, 2.05) is 6.07 Å². The number of rotatable bonds is 6. The molecule has 0 radical (unpaired) electrons. The standard InChI is InChI=1S/C18H22N4O4/c1-19-11-22-7-6-13(10-22)20-18(23)17-9-14(21-26-17)12-4-5-15(24-2)16(8-12)25-3/h4-5,8-9,11,13H,6-7,10H2,1-3H3,(H,20,23)/t13-/m1/s1. The van der Waals surface area contributed by atoms with Crippen LogP contribution in [0.3, 0.4) is 0 Å². The van der Waals surface area contributed by atoms with Crippen LogP contribution in [0.25, 0.3) is 11.3 Å². The minimum Gasteiger partial charge on any atom is -0.493 e. The molecule has 1 aromatic heterocycles. The quantitative estimate of drug-likeness (QED) is 0.626. The van der Waals surface area contributed by atoms with Crippen LogP contribution in [0.1, 0.15) is 17.0 Å². The first-order valence-electron chi connectivity index (χ1n) is 8.31. The van der Waals surface area contributed by atoms with Crippen LogP contribution in [-0.2, 0) is 0 Å². The van der Waals surface area contributed by atoms with Gasteiger partial charge in [0.1, 0.15) is 5.69 Å². The molecule has 26 heavy (non-hydrogen) atoms. The van der Waals surface area contributed by atoms with Crippen LogP contribution in [0.5, 0.6) is 11.5 Å². The summed E-state index contributed by atoms with van der Waals surface area (Å²) < 4.78 is 15.7. The number of methoxy groups -OCH3 is 2. The molecule has 1 aliphatic rings. The van der Waals surface area contributed by atoms with Gasteiger partial charge in [-0.1, -0.05) is 5.16 Å². The number of benzene rings is 1. The molecule has 3 rings (SSSR count). The van der Waals surface area contributed by atoms with Crippen LogP contribution in [0.4, 0.5) is 0 Å². The van der Waals surface area contributed by atoms with Crippen molar-refractivity contribution in [3.63, 3.8) is 0 Å². The van der Waals surface area contributed by atoms with Crippen LogP contribution < -0.4 is 14.8 Å². The van der Waals surface area contributed by atoms with Gasteiger partial charge in [-0.3, -0.25) is 9.79 Å². The Balaban J connectivity index is 1.69. The number of hydrogen-bond donors (Lipinski definition) is 1. The Labute approximate surface area is 151 Å². The summed E-state index contributed by atoms with van der Waals surface area (Å²) >= 11 is 0. The van der Waals surface area contributed by atoms with Crippen molar-refractivity contribution in [2.75, 3.05) is 34.4 Å². The van der Waals surface area contributed by atoms with Crippen LogP contribution >= 0.6 is 0 Å². The molecule has 0 saturated carbocycles. The maximum absolute atomic E-state index is 12.4. The molecule has 1 aromatic carbocycles. The summed E-state index contributed by atoms with van der Waals surface area (Å²) in [6, 6.07) is 7.09. The Morgan fingerprint density at radius 2 is 2.15 bits per heavy atom. The molecule has 1 saturated heterocycles. The summed E-state index contributed by atoms with van der Waals surface area (Å²) in [5, 5.41) is 6.96. The molecule has 0 unspecified atom stereocenters. The van der Waals surface area contributed by atoms with Gasteiger partial charge in [0.2, 0.25) is 5.76 Å². The molecule has 1 amide bonds. The van der Waals surface area contributed by atoms with Gasteiger partial charge in [0.15, 0.2) is 11.5 Å². The second kappa shape index (κ2) is 7.90. The predicted octanol–water partition coefficient (Wildman–Crippen LogP) is 1.82. The normalized spacial score (nSPS) is 16.9. The second-order valence-electron chi connectivity index (χ2n) is 5.97. The number of carbonyl (C=O) groups excluding carboxylic acids is 1. The highest BCUT2D eigenvalue weighted by molar-refractivity contribution is 5.92. The van der Waals surface area contributed by atoms with E-state index in [0.717, 1.165) is 25.1 Å². The van der Waals surface area contributed by atoms with E-state index < -0.39 is 0 Å². The lowest BCUT2D eigenvalue weighted by molar-refractivity contribution is 0.0902. The molecule has 1 fully saturated rings. The largest absolute Gasteiger partial charge is 0.493 e. The minimum absolute atomic E-state index is 0.0649. The highest BCUT2D eigenvalue weighted by Crippen LogP contribution is 2.32. The van der Waals surface area contributed by atoms with Crippen molar-refractivity contribution in [3.05, 3.63) is 30.0 Å². The van der Waals surface area contributed by atoms with Crippen molar-refractivity contribution in [3.8, 4) is 22.8 Å². The van der Waals surface area contributed by atoms with Gasteiger partial charge in [-0.05, 0) is 24.6 Å². The van der Waals surface area contributed by atoms with E-state index in [1.165, 1.54) is 0 Å². The van der Waals surface area contributed by atoms with E-state index in [-0.39, 0.29) is 17.7 Å². The topological polar surface area (TPSA) is 89.2 Å². The zero-order valence-electron chi connectivity index (χ0n) is 15.1. The Morgan fingerprint density at radius 1 is 1.35 bits per heavy atom. The maximum atomic E-state index is 12.4. The molecule has 2 heterocycles. The summed E-state index contributed by atoms with van der Waals surface area (Å²) in [6.45, 7) is 1.61. The van der Waals surface area contributed by atoms with Gasteiger partial charge in [-0.2, -0.15) is 0 Å². The van der Waals surface area contributed by atoms with Gasteiger partial charge in [0.25, 0.3) is 5.91 Å². The van der Waals surface area contributed by atoms with Crippen molar-refractivity contribution < 1.29 is 18.8 Å². The molecule has 1 aliphatic heterocycles. The molecular weight excluding hydrogens is 336 g/mol. The van der Waals surface area contributed by atoms with Gasteiger partial charge < -0.3 is 24.2 Å². The van der Waals surface area contributed by atoms with Gasteiger partial charge in [-0.25, -0.2) is 0 Å².